The molecule has 124 valence electrons. The third kappa shape index (κ3) is 3.57. The van der Waals surface area contributed by atoms with E-state index in [2.05, 4.69) is 5.32 Å². The third-order valence-electron chi connectivity index (χ3n) is 5.61. The van der Waals surface area contributed by atoms with Crippen LogP contribution < -0.4 is 5.32 Å². The van der Waals surface area contributed by atoms with Gasteiger partial charge in [-0.15, -0.1) is 0 Å². The predicted molar refractivity (Wildman–Crippen MR) is 89.9 cm³/mol. The van der Waals surface area contributed by atoms with Crippen molar-refractivity contribution in [3.63, 3.8) is 0 Å². The number of fused-ring (bicyclic) bond motifs is 2. The standard InChI is InChI=1S/C19H26N2O2/c1-20-19(23)15-6-3-13(4-7-15)12-21(2)18(22)11-17-10-14-5-8-16(17)9-14/h3-4,6-7,14,16-17H,5,8-12H2,1-2H3,(H,20,23)/t14-,16+,17+/m0/s1. The minimum atomic E-state index is -0.0859. The number of nitrogens with zero attached hydrogens (tertiary/aromatic N) is 1. The Morgan fingerprint density at radius 3 is 2.48 bits per heavy atom. The van der Waals surface area contributed by atoms with E-state index in [0.717, 1.165) is 17.4 Å². The molecule has 0 unspecified atom stereocenters. The predicted octanol–water partition coefficient (Wildman–Crippen LogP) is 2.83. The van der Waals surface area contributed by atoms with E-state index in [0.29, 0.717) is 24.4 Å². The van der Waals surface area contributed by atoms with E-state index in [9.17, 15) is 9.59 Å². The highest BCUT2D eigenvalue weighted by Crippen LogP contribution is 2.49. The maximum Gasteiger partial charge on any atom is 0.251 e. The monoisotopic (exact) mass is 314 g/mol. The largest absolute Gasteiger partial charge is 0.355 e. The van der Waals surface area contributed by atoms with Crippen LogP contribution in [0.15, 0.2) is 24.3 Å². The second-order valence-corrected chi connectivity index (χ2v) is 7.16. The molecule has 2 fully saturated rings. The Hall–Kier alpha value is -1.84. The molecule has 1 aromatic rings. The van der Waals surface area contributed by atoms with Crippen molar-refractivity contribution in [1.29, 1.82) is 0 Å². The van der Waals surface area contributed by atoms with Crippen LogP contribution in [0.2, 0.25) is 0 Å². The van der Waals surface area contributed by atoms with Crippen LogP contribution in [-0.2, 0) is 11.3 Å². The molecule has 1 aromatic carbocycles. The highest BCUT2D eigenvalue weighted by molar-refractivity contribution is 5.93. The van der Waals surface area contributed by atoms with Crippen LogP contribution in [0, 0.1) is 17.8 Å². The number of rotatable bonds is 5. The fourth-order valence-corrected chi connectivity index (χ4v) is 4.27. The van der Waals surface area contributed by atoms with Crippen LogP contribution in [0.4, 0.5) is 0 Å². The molecule has 0 spiro atoms. The summed E-state index contributed by atoms with van der Waals surface area (Å²) in [6, 6.07) is 7.46. The molecule has 0 aliphatic heterocycles. The summed E-state index contributed by atoms with van der Waals surface area (Å²) in [6.45, 7) is 0.605. The average Bonchev–Trinajstić information content (AvgIpc) is 3.17. The van der Waals surface area contributed by atoms with Crippen molar-refractivity contribution in [2.75, 3.05) is 14.1 Å². The minimum Gasteiger partial charge on any atom is -0.355 e. The Balaban J connectivity index is 1.52. The summed E-state index contributed by atoms with van der Waals surface area (Å²) >= 11 is 0. The number of carbonyl (C=O) groups excluding carboxylic acids is 2. The molecule has 4 heteroatoms. The van der Waals surface area contributed by atoms with Gasteiger partial charge in [0, 0.05) is 32.6 Å². The summed E-state index contributed by atoms with van der Waals surface area (Å²) in [7, 11) is 3.50. The van der Waals surface area contributed by atoms with E-state index in [4.69, 9.17) is 0 Å². The Bertz CT molecular complexity index is 582. The van der Waals surface area contributed by atoms with Gasteiger partial charge in [-0.1, -0.05) is 18.6 Å². The molecule has 0 heterocycles. The number of hydrogen-bond acceptors (Lipinski definition) is 2. The molecule has 1 N–H and O–H groups in total. The van der Waals surface area contributed by atoms with Crippen LogP contribution in [0.25, 0.3) is 0 Å². The first-order chi connectivity index (χ1) is 11.1. The van der Waals surface area contributed by atoms with Crippen LogP contribution in [-0.4, -0.2) is 30.8 Å². The minimum absolute atomic E-state index is 0.0859. The smallest absolute Gasteiger partial charge is 0.251 e. The van der Waals surface area contributed by atoms with Crippen molar-refractivity contribution in [3.05, 3.63) is 35.4 Å². The second kappa shape index (κ2) is 6.73. The van der Waals surface area contributed by atoms with Gasteiger partial charge in [-0.2, -0.15) is 0 Å². The van der Waals surface area contributed by atoms with E-state index in [1.54, 1.807) is 7.05 Å². The third-order valence-corrected chi connectivity index (χ3v) is 5.61. The van der Waals surface area contributed by atoms with Gasteiger partial charge in [0.05, 0.1) is 0 Å². The molecule has 0 radical (unpaired) electrons. The fraction of sp³-hybridized carbons (Fsp3) is 0.579. The second-order valence-electron chi connectivity index (χ2n) is 7.16. The maximum atomic E-state index is 12.5. The number of hydrogen-bond donors (Lipinski definition) is 1. The highest BCUT2D eigenvalue weighted by Gasteiger charge is 2.40. The van der Waals surface area contributed by atoms with Gasteiger partial charge in [-0.05, 0) is 54.7 Å². The van der Waals surface area contributed by atoms with Gasteiger partial charge >= 0.3 is 0 Å². The molecule has 4 nitrogen and oxygen atoms in total. The van der Waals surface area contributed by atoms with Gasteiger partial charge in [-0.3, -0.25) is 9.59 Å². The summed E-state index contributed by atoms with van der Waals surface area (Å²) < 4.78 is 0. The fourth-order valence-electron chi connectivity index (χ4n) is 4.27. The summed E-state index contributed by atoms with van der Waals surface area (Å²) in [5.74, 6) is 2.46. The molecule has 2 amide bonds. The summed E-state index contributed by atoms with van der Waals surface area (Å²) in [5.41, 5.74) is 1.70. The maximum absolute atomic E-state index is 12.5. The summed E-state index contributed by atoms with van der Waals surface area (Å²) in [4.78, 5) is 25.8. The molecule has 0 saturated heterocycles. The molecule has 0 aromatic heterocycles. The Morgan fingerprint density at radius 2 is 1.91 bits per heavy atom. The lowest BCUT2D eigenvalue weighted by atomic mass is 9.86. The molecule has 3 rings (SSSR count). The highest BCUT2D eigenvalue weighted by atomic mass is 16.2. The van der Waals surface area contributed by atoms with E-state index >= 15 is 0 Å². The van der Waals surface area contributed by atoms with E-state index < -0.39 is 0 Å². The molecular formula is C19H26N2O2. The van der Waals surface area contributed by atoms with E-state index in [-0.39, 0.29) is 11.8 Å². The molecule has 2 aliphatic rings. The number of amides is 2. The molecule has 2 bridgehead atoms. The molecule has 2 saturated carbocycles. The Kier molecular flexibility index (Phi) is 4.69. The van der Waals surface area contributed by atoms with Gasteiger partial charge in [0.1, 0.15) is 0 Å². The number of benzene rings is 1. The van der Waals surface area contributed by atoms with Crippen LogP contribution >= 0.6 is 0 Å². The SMILES string of the molecule is CNC(=O)c1ccc(CN(C)C(=O)C[C@H]2C[C@H]3CC[C@@H]2C3)cc1. The topological polar surface area (TPSA) is 49.4 Å². The summed E-state index contributed by atoms with van der Waals surface area (Å²) in [5, 5.41) is 2.61. The number of carbonyl (C=O) groups is 2. The van der Waals surface area contributed by atoms with Crippen molar-refractivity contribution in [3.8, 4) is 0 Å². The molecule has 2 aliphatic carbocycles. The zero-order valence-corrected chi connectivity index (χ0v) is 14.0. The lowest BCUT2D eigenvalue weighted by Gasteiger charge is -2.24. The van der Waals surface area contributed by atoms with Crippen molar-refractivity contribution in [1.82, 2.24) is 10.2 Å². The van der Waals surface area contributed by atoms with Gasteiger partial charge in [0.15, 0.2) is 0 Å². The van der Waals surface area contributed by atoms with Crippen LogP contribution in [0.5, 0.6) is 0 Å². The quantitative estimate of drug-likeness (QED) is 0.908. The first kappa shape index (κ1) is 16.0. The van der Waals surface area contributed by atoms with Crippen molar-refractivity contribution in [2.45, 2.75) is 38.6 Å². The van der Waals surface area contributed by atoms with Gasteiger partial charge in [0.25, 0.3) is 5.91 Å². The van der Waals surface area contributed by atoms with Crippen LogP contribution in [0.1, 0.15) is 48.0 Å². The van der Waals surface area contributed by atoms with Crippen molar-refractivity contribution < 1.29 is 9.59 Å². The molecule has 23 heavy (non-hydrogen) atoms. The normalized spacial score (nSPS) is 25.4. The lowest BCUT2D eigenvalue weighted by molar-refractivity contribution is -0.131. The first-order valence-electron chi connectivity index (χ1n) is 8.61. The Morgan fingerprint density at radius 1 is 1.17 bits per heavy atom. The van der Waals surface area contributed by atoms with Crippen molar-refractivity contribution in [2.24, 2.45) is 17.8 Å². The van der Waals surface area contributed by atoms with Gasteiger partial charge < -0.3 is 10.2 Å². The zero-order valence-electron chi connectivity index (χ0n) is 14.0. The average molecular weight is 314 g/mol. The molecular weight excluding hydrogens is 288 g/mol. The van der Waals surface area contributed by atoms with Gasteiger partial charge in [-0.25, -0.2) is 0 Å². The lowest BCUT2D eigenvalue weighted by Crippen LogP contribution is -2.29. The first-order valence-corrected chi connectivity index (χ1v) is 8.61. The van der Waals surface area contributed by atoms with E-state index in [1.165, 1.54) is 25.7 Å². The van der Waals surface area contributed by atoms with Gasteiger partial charge in [0.2, 0.25) is 5.91 Å². The van der Waals surface area contributed by atoms with Crippen molar-refractivity contribution >= 4 is 11.8 Å². The van der Waals surface area contributed by atoms with E-state index in [1.807, 2.05) is 36.2 Å². The van der Waals surface area contributed by atoms with Crippen LogP contribution in [0.3, 0.4) is 0 Å². The summed E-state index contributed by atoms with van der Waals surface area (Å²) in [6.07, 6.45) is 6.01. The Labute approximate surface area is 138 Å². The number of nitrogens with one attached hydrogen (secondary N) is 1. The zero-order chi connectivity index (χ0) is 16.4. The molecule has 3 atom stereocenters.